The van der Waals surface area contributed by atoms with Crippen molar-refractivity contribution in [3.05, 3.63) is 0 Å². The van der Waals surface area contributed by atoms with E-state index in [1.54, 1.807) is 4.90 Å². The van der Waals surface area contributed by atoms with Gasteiger partial charge >= 0.3 is 0 Å². The predicted molar refractivity (Wildman–Crippen MR) is 92.5 cm³/mol. The Bertz CT molecular complexity index is 692. The predicted octanol–water partition coefficient (Wildman–Crippen LogP) is -0.295. The number of carbonyl (C=O) groups is 2. The zero-order chi connectivity index (χ0) is 18.7. The maximum absolute atomic E-state index is 12.9. The van der Waals surface area contributed by atoms with Crippen molar-refractivity contribution in [2.45, 2.75) is 30.9 Å². The van der Waals surface area contributed by atoms with Crippen LogP contribution >= 0.6 is 0 Å². The van der Waals surface area contributed by atoms with Gasteiger partial charge in [0.15, 0.2) is 9.84 Å². The van der Waals surface area contributed by atoms with Gasteiger partial charge in [0.25, 0.3) is 0 Å². The van der Waals surface area contributed by atoms with E-state index in [4.69, 9.17) is 10.00 Å². The standard InChI is InChI=1S/C17H25N3O5S/c18-3-4-19-16(21)14-9-13(26(23,24)11-12-1-2-12)10-15(14)17(22)20-5-7-25-8-6-20/h12-15H,1-2,4-11H2,(H,19,21). The highest BCUT2D eigenvalue weighted by Gasteiger charge is 2.49. The third-order valence-corrected chi connectivity index (χ3v) is 7.85. The highest BCUT2D eigenvalue weighted by Crippen LogP contribution is 2.40. The number of hydrogen-bond acceptors (Lipinski definition) is 6. The Morgan fingerprint density at radius 1 is 1.15 bits per heavy atom. The van der Waals surface area contributed by atoms with Gasteiger partial charge in [-0.15, -0.1) is 0 Å². The Labute approximate surface area is 153 Å². The lowest BCUT2D eigenvalue weighted by atomic mass is 9.93. The monoisotopic (exact) mass is 383 g/mol. The van der Waals surface area contributed by atoms with Crippen LogP contribution in [0.3, 0.4) is 0 Å². The zero-order valence-corrected chi connectivity index (χ0v) is 15.5. The second-order valence-electron chi connectivity index (χ2n) is 7.39. The van der Waals surface area contributed by atoms with Crippen LogP contribution in [0, 0.1) is 29.1 Å². The molecule has 3 unspecified atom stereocenters. The van der Waals surface area contributed by atoms with Gasteiger partial charge < -0.3 is 15.0 Å². The molecule has 3 rings (SSSR count). The molecule has 2 aliphatic carbocycles. The van der Waals surface area contributed by atoms with Crippen molar-refractivity contribution in [2.24, 2.45) is 17.8 Å². The molecule has 8 nitrogen and oxygen atoms in total. The summed E-state index contributed by atoms with van der Waals surface area (Å²) in [4.78, 5) is 27.0. The molecule has 144 valence electrons. The Hall–Kier alpha value is -1.66. The summed E-state index contributed by atoms with van der Waals surface area (Å²) < 4.78 is 30.6. The minimum atomic E-state index is -3.32. The molecule has 0 aromatic carbocycles. The summed E-state index contributed by atoms with van der Waals surface area (Å²) in [6.07, 6.45) is 2.23. The van der Waals surface area contributed by atoms with Crippen LogP contribution in [0.25, 0.3) is 0 Å². The average Bonchev–Trinajstić information content (AvgIpc) is 3.31. The largest absolute Gasteiger partial charge is 0.378 e. The van der Waals surface area contributed by atoms with E-state index in [0.29, 0.717) is 26.3 Å². The van der Waals surface area contributed by atoms with Gasteiger partial charge in [0.05, 0.1) is 42.1 Å². The maximum atomic E-state index is 12.9. The van der Waals surface area contributed by atoms with E-state index in [1.807, 2.05) is 6.07 Å². The first-order valence-electron chi connectivity index (χ1n) is 9.15. The van der Waals surface area contributed by atoms with Crippen molar-refractivity contribution in [3.8, 4) is 6.07 Å². The first-order chi connectivity index (χ1) is 12.4. The molecular weight excluding hydrogens is 358 g/mol. The molecule has 0 spiro atoms. The van der Waals surface area contributed by atoms with Gasteiger partial charge in [-0.3, -0.25) is 9.59 Å². The van der Waals surface area contributed by atoms with Crippen molar-refractivity contribution in [2.75, 3.05) is 38.6 Å². The van der Waals surface area contributed by atoms with Crippen molar-refractivity contribution in [1.29, 1.82) is 5.26 Å². The van der Waals surface area contributed by atoms with E-state index >= 15 is 0 Å². The summed E-state index contributed by atoms with van der Waals surface area (Å²) in [5, 5.41) is 10.5. The molecule has 1 N–H and O–H groups in total. The van der Waals surface area contributed by atoms with Crippen LogP contribution < -0.4 is 5.32 Å². The Morgan fingerprint density at radius 2 is 1.81 bits per heavy atom. The van der Waals surface area contributed by atoms with Crippen molar-refractivity contribution in [1.82, 2.24) is 10.2 Å². The van der Waals surface area contributed by atoms with Gasteiger partial charge in [0.1, 0.15) is 6.54 Å². The van der Waals surface area contributed by atoms with Crippen LogP contribution in [0.15, 0.2) is 0 Å². The summed E-state index contributed by atoms with van der Waals surface area (Å²) in [6, 6.07) is 1.84. The fraction of sp³-hybridized carbons (Fsp3) is 0.824. The fourth-order valence-corrected chi connectivity index (χ4v) is 6.14. The molecule has 2 amide bonds. The highest BCUT2D eigenvalue weighted by atomic mass is 32.2. The van der Waals surface area contributed by atoms with Gasteiger partial charge in [-0.2, -0.15) is 5.26 Å². The minimum Gasteiger partial charge on any atom is -0.378 e. The van der Waals surface area contributed by atoms with E-state index in [1.165, 1.54) is 0 Å². The molecule has 0 aromatic rings. The van der Waals surface area contributed by atoms with E-state index in [0.717, 1.165) is 12.8 Å². The van der Waals surface area contributed by atoms with Crippen LogP contribution in [0.1, 0.15) is 25.7 Å². The Morgan fingerprint density at radius 3 is 2.42 bits per heavy atom. The number of nitrogens with one attached hydrogen (secondary N) is 1. The summed E-state index contributed by atoms with van der Waals surface area (Å²) in [7, 11) is -3.32. The Kier molecular flexibility index (Phi) is 5.82. The molecule has 0 aromatic heterocycles. The molecule has 0 radical (unpaired) electrons. The maximum Gasteiger partial charge on any atom is 0.226 e. The van der Waals surface area contributed by atoms with Crippen LogP contribution in [-0.2, 0) is 24.2 Å². The average molecular weight is 383 g/mol. The third kappa shape index (κ3) is 4.35. The van der Waals surface area contributed by atoms with Crippen LogP contribution in [0.2, 0.25) is 0 Å². The summed E-state index contributed by atoms with van der Waals surface area (Å²) in [5.41, 5.74) is 0. The van der Waals surface area contributed by atoms with Crippen molar-refractivity contribution >= 4 is 21.7 Å². The van der Waals surface area contributed by atoms with Crippen LogP contribution in [0.4, 0.5) is 0 Å². The summed E-state index contributed by atoms with van der Waals surface area (Å²) in [5.74, 6) is -1.53. The number of carbonyl (C=O) groups excluding carboxylic acids is 2. The van der Waals surface area contributed by atoms with Gasteiger partial charge in [0.2, 0.25) is 11.8 Å². The molecule has 1 saturated heterocycles. The molecule has 1 aliphatic heterocycles. The van der Waals surface area contributed by atoms with Crippen LogP contribution in [-0.4, -0.2) is 69.0 Å². The topological polar surface area (TPSA) is 117 Å². The number of sulfone groups is 1. The molecule has 3 atom stereocenters. The number of ether oxygens (including phenoxy) is 1. The lowest BCUT2D eigenvalue weighted by Crippen LogP contribution is -2.46. The molecule has 2 saturated carbocycles. The van der Waals surface area contributed by atoms with Gasteiger partial charge in [0, 0.05) is 13.1 Å². The molecule has 9 heteroatoms. The highest BCUT2D eigenvalue weighted by molar-refractivity contribution is 7.92. The van der Waals surface area contributed by atoms with Crippen LogP contribution in [0.5, 0.6) is 0 Å². The fourth-order valence-electron chi connectivity index (χ4n) is 3.87. The minimum absolute atomic E-state index is 0.146. The molecule has 3 aliphatic rings. The number of nitriles is 1. The first-order valence-corrected chi connectivity index (χ1v) is 10.9. The quantitative estimate of drug-likeness (QED) is 0.630. The summed E-state index contributed by atoms with van der Waals surface area (Å²) in [6.45, 7) is 1.68. The van der Waals surface area contributed by atoms with E-state index in [9.17, 15) is 18.0 Å². The number of hydrogen-bond donors (Lipinski definition) is 1. The molecular formula is C17H25N3O5S. The molecule has 26 heavy (non-hydrogen) atoms. The smallest absolute Gasteiger partial charge is 0.226 e. The zero-order valence-electron chi connectivity index (χ0n) is 14.7. The summed E-state index contributed by atoms with van der Waals surface area (Å²) >= 11 is 0. The van der Waals surface area contributed by atoms with Gasteiger partial charge in [-0.25, -0.2) is 8.42 Å². The SMILES string of the molecule is N#CCNC(=O)C1CC(S(=O)(=O)CC2CC2)CC1C(=O)N1CCOCC1. The van der Waals surface area contributed by atoms with Gasteiger partial charge in [-0.05, 0) is 31.6 Å². The molecule has 1 heterocycles. The third-order valence-electron chi connectivity index (χ3n) is 5.51. The van der Waals surface area contributed by atoms with Crippen molar-refractivity contribution < 1.29 is 22.7 Å². The number of morpholine rings is 1. The lowest BCUT2D eigenvalue weighted by molar-refractivity contribution is -0.144. The normalized spacial score (nSPS) is 29.2. The Balaban J connectivity index is 1.75. The van der Waals surface area contributed by atoms with Crippen molar-refractivity contribution in [3.63, 3.8) is 0 Å². The number of nitrogens with zero attached hydrogens (tertiary/aromatic N) is 2. The second kappa shape index (κ2) is 7.92. The van der Waals surface area contributed by atoms with E-state index in [2.05, 4.69) is 5.32 Å². The van der Waals surface area contributed by atoms with E-state index in [-0.39, 0.29) is 37.0 Å². The van der Waals surface area contributed by atoms with E-state index < -0.39 is 32.8 Å². The number of amides is 2. The second-order valence-corrected chi connectivity index (χ2v) is 9.72. The molecule has 3 fully saturated rings. The molecule has 0 bridgehead atoms. The number of rotatable bonds is 6. The lowest BCUT2D eigenvalue weighted by Gasteiger charge is -2.30. The first kappa shape index (κ1) is 19.1. The van der Waals surface area contributed by atoms with Gasteiger partial charge in [-0.1, -0.05) is 0 Å².